The smallest absolute Gasteiger partial charge is 0.341 e. The van der Waals surface area contributed by atoms with E-state index in [0.29, 0.717) is 28.6 Å². The molecule has 2 aromatic rings. The van der Waals surface area contributed by atoms with Crippen molar-refractivity contribution in [1.29, 1.82) is 0 Å². The van der Waals surface area contributed by atoms with Crippen LogP contribution in [0.2, 0.25) is 0 Å². The molecule has 144 valence electrons. The van der Waals surface area contributed by atoms with Crippen LogP contribution in [0, 0.1) is 0 Å². The molecule has 2 aromatic carbocycles. The van der Waals surface area contributed by atoms with Gasteiger partial charge in [-0.3, -0.25) is 4.79 Å². The number of carbonyl (C=O) groups excluding carboxylic acids is 1. The van der Waals surface area contributed by atoms with Gasteiger partial charge in [-0.05, 0) is 17.7 Å². The van der Waals surface area contributed by atoms with E-state index >= 15 is 0 Å². The summed E-state index contributed by atoms with van der Waals surface area (Å²) in [6.07, 6.45) is 0. The molecule has 8 nitrogen and oxygen atoms in total. The molecule has 0 bridgehead atoms. The molecule has 1 amide bonds. The number of methoxy groups -OCH3 is 3. The average Bonchev–Trinajstić information content (AvgIpc) is 2.69. The number of carboxylic acids is 1. The van der Waals surface area contributed by atoms with E-state index in [9.17, 15) is 9.59 Å². The van der Waals surface area contributed by atoms with Gasteiger partial charge in [0.2, 0.25) is 0 Å². The zero-order chi connectivity index (χ0) is 19.8. The van der Waals surface area contributed by atoms with Crippen molar-refractivity contribution < 1.29 is 33.6 Å². The van der Waals surface area contributed by atoms with Crippen LogP contribution in [-0.4, -0.2) is 44.9 Å². The molecule has 2 N–H and O–H groups in total. The van der Waals surface area contributed by atoms with E-state index in [1.165, 1.54) is 21.3 Å². The van der Waals surface area contributed by atoms with Crippen molar-refractivity contribution in [2.24, 2.45) is 0 Å². The minimum Gasteiger partial charge on any atom is -0.496 e. The van der Waals surface area contributed by atoms with Gasteiger partial charge in [0.05, 0.1) is 26.9 Å². The normalized spacial score (nSPS) is 10.0. The van der Waals surface area contributed by atoms with Crippen molar-refractivity contribution >= 4 is 11.9 Å². The van der Waals surface area contributed by atoms with Crippen molar-refractivity contribution in [3.8, 4) is 23.0 Å². The number of benzene rings is 2. The van der Waals surface area contributed by atoms with Gasteiger partial charge in [0.15, 0.2) is 18.1 Å². The van der Waals surface area contributed by atoms with E-state index in [0.717, 1.165) is 5.56 Å². The zero-order valence-electron chi connectivity index (χ0n) is 15.3. The molecule has 27 heavy (non-hydrogen) atoms. The summed E-state index contributed by atoms with van der Waals surface area (Å²) < 4.78 is 20.8. The fraction of sp³-hybridized carbons (Fsp3) is 0.263. The highest BCUT2D eigenvalue weighted by atomic mass is 16.5. The third kappa shape index (κ3) is 5.27. The van der Waals surface area contributed by atoms with Gasteiger partial charge < -0.3 is 29.4 Å². The second-order valence-electron chi connectivity index (χ2n) is 5.42. The van der Waals surface area contributed by atoms with Crippen LogP contribution in [0.4, 0.5) is 0 Å². The number of carbonyl (C=O) groups is 2. The lowest BCUT2D eigenvalue weighted by molar-refractivity contribution is -0.139. The number of ether oxygens (including phenoxy) is 4. The quantitative estimate of drug-likeness (QED) is 0.692. The number of amides is 1. The molecule has 0 saturated heterocycles. The maximum atomic E-state index is 12.6. The lowest BCUT2D eigenvalue weighted by Crippen LogP contribution is -2.23. The summed E-state index contributed by atoms with van der Waals surface area (Å²) in [6, 6.07) is 9.93. The van der Waals surface area contributed by atoms with Crippen LogP contribution in [0.3, 0.4) is 0 Å². The predicted octanol–water partition coefficient (Wildman–Crippen LogP) is 2.11. The monoisotopic (exact) mass is 375 g/mol. The van der Waals surface area contributed by atoms with E-state index in [-0.39, 0.29) is 12.5 Å². The highest BCUT2D eigenvalue weighted by Crippen LogP contribution is 2.34. The predicted molar refractivity (Wildman–Crippen MR) is 96.8 cm³/mol. The molecule has 8 heteroatoms. The molecule has 0 heterocycles. The Hall–Kier alpha value is -3.42. The Labute approximate surface area is 156 Å². The molecule has 0 aliphatic carbocycles. The second-order valence-corrected chi connectivity index (χ2v) is 5.42. The van der Waals surface area contributed by atoms with E-state index < -0.39 is 12.6 Å². The van der Waals surface area contributed by atoms with Gasteiger partial charge in [0, 0.05) is 18.7 Å². The number of hydrogen-bond donors (Lipinski definition) is 2. The number of nitrogens with one attached hydrogen (secondary N) is 1. The van der Waals surface area contributed by atoms with Gasteiger partial charge in [0.1, 0.15) is 11.5 Å². The molecule has 0 fully saturated rings. The maximum absolute atomic E-state index is 12.6. The van der Waals surface area contributed by atoms with Crippen molar-refractivity contribution in [3.63, 3.8) is 0 Å². The molecular formula is C19H21NO7. The molecule has 0 aliphatic heterocycles. The minimum atomic E-state index is -1.06. The van der Waals surface area contributed by atoms with Crippen LogP contribution < -0.4 is 24.3 Å². The van der Waals surface area contributed by atoms with E-state index in [1.807, 2.05) is 0 Å². The summed E-state index contributed by atoms with van der Waals surface area (Å²) in [5.74, 6) is 0.206. The Morgan fingerprint density at radius 3 is 2.26 bits per heavy atom. The molecule has 0 spiro atoms. The Morgan fingerprint density at radius 1 is 0.963 bits per heavy atom. The summed E-state index contributed by atoms with van der Waals surface area (Å²) in [4.78, 5) is 23.1. The Kier molecular flexibility index (Phi) is 6.87. The van der Waals surface area contributed by atoms with Crippen molar-refractivity contribution in [1.82, 2.24) is 5.32 Å². The fourth-order valence-electron chi connectivity index (χ4n) is 2.37. The fourth-order valence-corrected chi connectivity index (χ4v) is 2.37. The van der Waals surface area contributed by atoms with Crippen molar-refractivity contribution in [3.05, 3.63) is 47.5 Å². The number of carboxylic acid groups (broad SMARTS) is 1. The molecule has 0 radical (unpaired) electrons. The number of aliphatic carboxylic acids is 1. The summed E-state index contributed by atoms with van der Waals surface area (Å²) in [5, 5.41) is 11.4. The minimum absolute atomic E-state index is 0.223. The lowest BCUT2D eigenvalue weighted by Gasteiger charge is -2.14. The Balaban J connectivity index is 2.11. The third-order valence-corrected chi connectivity index (χ3v) is 3.66. The molecule has 0 unspecified atom stereocenters. The van der Waals surface area contributed by atoms with E-state index in [1.54, 1.807) is 36.4 Å². The molecule has 2 rings (SSSR count). The van der Waals surface area contributed by atoms with Gasteiger partial charge in [0.25, 0.3) is 5.91 Å². The highest BCUT2D eigenvalue weighted by molar-refractivity contribution is 5.97. The molecule has 0 aliphatic rings. The van der Waals surface area contributed by atoms with Crippen LogP contribution in [-0.2, 0) is 11.3 Å². The standard InChI is InChI=1S/C19H21NO7/c1-24-15-9-17(26-3)16(25-2)8-14(15)19(23)20-10-12-5-4-6-13(7-12)27-11-18(21)22/h4-9H,10-11H2,1-3H3,(H,20,23)(H,21,22). The lowest BCUT2D eigenvalue weighted by atomic mass is 10.1. The zero-order valence-corrected chi connectivity index (χ0v) is 15.3. The van der Waals surface area contributed by atoms with E-state index in [2.05, 4.69) is 5.32 Å². The van der Waals surface area contributed by atoms with Crippen molar-refractivity contribution in [2.45, 2.75) is 6.54 Å². The van der Waals surface area contributed by atoms with Crippen LogP contribution in [0.5, 0.6) is 23.0 Å². The van der Waals surface area contributed by atoms with Gasteiger partial charge in [-0.1, -0.05) is 12.1 Å². The summed E-state index contributed by atoms with van der Waals surface area (Å²) in [5.41, 5.74) is 1.05. The van der Waals surface area contributed by atoms with Crippen LogP contribution in [0.15, 0.2) is 36.4 Å². The van der Waals surface area contributed by atoms with Gasteiger partial charge in [-0.15, -0.1) is 0 Å². The third-order valence-electron chi connectivity index (χ3n) is 3.66. The van der Waals surface area contributed by atoms with Crippen LogP contribution >= 0.6 is 0 Å². The van der Waals surface area contributed by atoms with Crippen LogP contribution in [0.1, 0.15) is 15.9 Å². The summed E-state index contributed by atoms with van der Waals surface area (Å²) in [6.45, 7) is -0.209. The Bertz CT molecular complexity index is 820. The van der Waals surface area contributed by atoms with Crippen molar-refractivity contribution in [2.75, 3.05) is 27.9 Å². The Morgan fingerprint density at radius 2 is 1.63 bits per heavy atom. The first-order chi connectivity index (χ1) is 13.0. The van der Waals surface area contributed by atoms with Crippen LogP contribution in [0.25, 0.3) is 0 Å². The largest absolute Gasteiger partial charge is 0.496 e. The van der Waals surface area contributed by atoms with Gasteiger partial charge >= 0.3 is 5.97 Å². The SMILES string of the molecule is COc1cc(OC)c(C(=O)NCc2cccc(OCC(=O)O)c2)cc1OC. The molecule has 0 aromatic heterocycles. The summed E-state index contributed by atoms with van der Waals surface area (Å²) in [7, 11) is 4.44. The maximum Gasteiger partial charge on any atom is 0.341 e. The molecule has 0 atom stereocenters. The first-order valence-corrected chi connectivity index (χ1v) is 8.00. The molecular weight excluding hydrogens is 354 g/mol. The summed E-state index contributed by atoms with van der Waals surface area (Å²) >= 11 is 0. The number of rotatable bonds is 9. The average molecular weight is 375 g/mol. The van der Waals surface area contributed by atoms with E-state index in [4.69, 9.17) is 24.1 Å². The topological polar surface area (TPSA) is 103 Å². The second kappa shape index (κ2) is 9.33. The first-order valence-electron chi connectivity index (χ1n) is 8.00. The molecule has 0 saturated carbocycles. The highest BCUT2D eigenvalue weighted by Gasteiger charge is 2.17. The number of hydrogen-bond acceptors (Lipinski definition) is 6. The van der Waals surface area contributed by atoms with Gasteiger partial charge in [-0.2, -0.15) is 0 Å². The first kappa shape index (κ1) is 19.9. The van der Waals surface area contributed by atoms with Gasteiger partial charge in [-0.25, -0.2) is 4.79 Å².